The van der Waals surface area contributed by atoms with Gasteiger partial charge in [0.25, 0.3) is 11.8 Å². The van der Waals surface area contributed by atoms with Crippen LogP contribution in [0.1, 0.15) is 60.7 Å². The topological polar surface area (TPSA) is 90.3 Å². The lowest BCUT2D eigenvalue weighted by molar-refractivity contribution is -0.114. The van der Waals surface area contributed by atoms with E-state index in [2.05, 4.69) is 11.4 Å². The van der Waals surface area contributed by atoms with Gasteiger partial charge in [-0.2, -0.15) is 5.26 Å². The normalized spacial score (nSPS) is 18.5. The minimum atomic E-state index is -0.249. The number of Topliss-reactive ketones (excluding diaryl/α,β-unsaturated/α-hetero) is 1. The third kappa shape index (κ3) is 4.05. The number of fused-ring (bicyclic) bond motifs is 1. The predicted molar refractivity (Wildman–Crippen MR) is 116 cm³/mol. The smallest absolute Gasteiger partial charge is 0.261 e. The van der Waals surface area contributed by atoms with E-state index >= 15 is 0 Å². The third-order valence-electron chi connectivity index (χ3n) is 5.37. The molecule has 1 unspecified atom stereocenters. The summed E-state index contributed by atoms with van der Waals surface area (Å²) in [5.41, 5.74) is 2.99. The fourth-order valence-corrected chi connectivity index (χ4v) is 5.08. The summed E-state index contributed by atoms with van der Waals surface area (Å²) in [5.74, 6) is -0.0524. The van der Waals surface area contributed by atoms with E-state index in [-0.39, 0.29) is 23.5 Å². The van der Waals surface area contributed by atoms with Crippen LogP contribution in [0.5, 0.6) is 0 Å². The van der Waals surface area contributed by atoms with Crippen LogP contribution in [0.3, 0.4) is 0 Å². The van der Waals surface area contributed by atoms with E-state index < -0.39 is 0 Å². The highest BCUT2D eigenvalue weighted by molar-refractivity contribution is 8.03. The van der Waals surface area contributed by atoms with Crippen molar-refractivity contribution in [2.45, 2.75) is 40.0 Å². The van der Waals surface area contributed by atoms with Crippen molar-refractivity contribution in [1.29, 1.82) is 5.26 Å². The van der Waals surface area contributed by atoms with Crippen LogP contribution in [-0.4, -0.2) is 34.8 Å². The number of nitrogens with one attached hydrogen (secondary N) is 1. The molecule has 1 aromatic rings. The molecule has 0 saturated carbocycles. The molecule has 6 nitrogen and oxygen atoms in total. The van der Waals surface area contributed by atoms with Crippen molar-refractivity contribution in [2.75, 3.05) is 12.3 Å². The largest absolute Gasteiger partial charge is 0.353 e. The van der Waals surface area contributed by atoms with E-state index in [4.69, 9.17) is 0 Å². The third-order valence-corrected chi connectivity index (χ3v) is 6.48. The Morgan fingerprint density at radius 2 is 1.87 bits per heavy atom. The number of rotatable bonds is 8. The number of carbonyl (C=O) groups is 3. The Kier molecular flexibility index (Phi) is 6.78. The molecule has 2 heterocycles. The lowest BCUT2D eigenvalue weighted by atomic mass is 9.83. The Hall–Kier alpha value is -2.85. The van der Waals surface area contributed by atoms with E-state index in [1.807, 2.05) is 13.8 Å². The first-order valence-electron chi connectivity index (χ1n) is 10.1. The van der Waals surface area contributed by atoms with Crippen LogP contribution in [0.4, 0.5) is 0 Å². The molecule has 30 heavy (non-hydrogen) atoms. The van der Waals surface area contributed by atoms with Crippen LogP contribution in [0.15, 0.2) is 46.1 Å². The average molecular weight is 424 g/mol. The maximum atomic E-state index is 12.5. The summed E-state index contributed by atoms with van der Waals surface area (Å²) in [6, 6.07) is 9.16. The zero-order valence-corrected chi connectivity index (χ0v) is 18.3. The summed E-state index contributed by atoms with van der Waals surface area (Å²) in [4.78, 5) is 38.3. The van der Waals surface area contributed by atoms with Crippen LogP contribution < -0.4 is 5.32 Å². The Labute approximate surface area is 181 Å². The highest BCUT2D eigenvalue weighted by Crippen LogP contribution is 2.37. The first kappa shape index (κ1) is 21.8. The fourth-order valence-electron chi connectivity index (χ4n) is 4.04. The van der Waals surface area contributed by atoms with Gasteiger partial charge in [-0.15, -0.1) is 11.8 Å². The van der Waals surface area contributed by atoms with Crippen molar-refractivity contribution in [3.63, 3.8) is 0 Å². The van der Waals surface area contributed by atoms with Gasteiger partial charge in [0.2, 0.25) is 0 Å². The fraction of sp³-hybridized carbons (Fsp3) is 0.391. The maximum absolute atomic E-state index is 12.5. The molecule has 3 rings (SSSR count). The number of benzene rings is 1. The monoisotopic (exact) mass is 423 g/mol. The predicted octanol–water partition coefficient (Wildman–Crippen LogP) is 4.02. The van der Waals surface area contributed by atoms with Gasteiger partial charge in [0.05, 0.1) is 27.8 Å². The number of amides is 2. The number of thioether (sulfide) groups is 1. The van der Waals surface area contributed by atoms with Crippen molar-refractivity contribution in [3.05, 3.63) is 57.3 Å². The number of carbonyl (C=O) groups excluding carboxylic acids is 3. The van der Waals surface area contributed by atoms with Crippen molar-refractivity contribution in [2.24, 2.45) is 5.92 Å². The Morgan fingerprint density at radius 1 is 1.23 bits per heavy atom. The lowest BCUT2D eigenvalue weighted by Crippen LogP contribution is -2.31. The van der Waals surface area contributed by atoms with Gasteiger partial charge in [-0.05, 0) is 38.8 Å². The molecule has 2 amide bonds. The van der Waals surface area contributed by atoms with Crippen LogP contribution in [-0.2, 0) is 4.79 Å². The first-order chi connectivity index (χ1) is 14.4. The van der Waals surface area contributed by atoms with Gasteiger partial charge in [0.1, 0.15) is 0 Å². The molecular formula is C23H25N3O3S. The molecule has 7 heteroatoms. The van der Waals surface area contributed by atoms with Gasteiger partial charge in [0.15, 0.2) is 5.78 Å². The Bertz CT molecular complexity index is 968. The van der Waals surface area contributed by atoms with Crippen molar-refractivity contribution in [3.8, 4) is 6.07 Å². The summed E-state index contributed by atoms with van der Waals surface area (Å²) in [7, 11) is 0. The Balaban J connectivity index is 1.65. The molecule has 0 aromatic heterocycles. The van der Waals surface area contributed by atoms with E-state index in [1.165, 1.54) is 16.7 Å². The summed E-state index contributed by atoms with van der Waals surface area (Å²) < 4.78 is 0. The molecule has 0 bridgehead atoms. The van der Waals surface area contributed by atoms with Crippen molar-refractivity contribution < 1.29 is 14.4 Å². The van der Waals surface area contributed by atoms with E-state index in [9.17, 15) is 19.6 Å². The number of allylic oxidation sites excluding steroid dienone is 3. The second kappa shape index (κ2) is 9.31. The van der Waals surface area contributed by atoms with Crippen molar-refractivity contribution >= 4 is 29.4 Å². The molecular weight excluding hydrogens is 398 g/mol. The highest BCUT2D eigenvalue weighted by atomic mass is 32.2. The van der Waals surface area contributed by atoms with Crippen LogP contribution in [0.25, 0.3) is 0 Å². The molecule has 0 aliphatic carbocycles. The SMILES string of the molecule is CCCC1C(C#N)=C(SCCCN2C(=O)c3ccccc3C2=O)NC(C)=C1C(C)=O. The zero-order chi connectivity index (χ0) is 21.8. The Morgan fingerprint density at radius 3 is 2.40 bits per heavy atom. The standard InChI is InChI=1S/C23H25N3O3S/c1-4-8-16-19(13-24)21(25-14(2)20(16)15(3)27)30-12-7-11-26-22(28)17-9-5-6-10-18(17)23(26)29/h5-6,9-10,16,25H,4,7-8,11-12H2,1-3H3. The molecule has 2 aliphatic rings. The number of hydrogen-bond donors (Lipinski definition) is 1. The van der Waals surface area contributed by atoms with E-state index in [0.29, 0.717) is 41.0 Å². The van der Waals surface area contributed by atoms with E-state index in [0.717, 1.165) is 23.6 Å². The molecule has 2 aliphatic heterocycles. The van der Waals surface area contributed by atoms with Gasteiger partial charge in [-0.25, -0.2) is 0 Å². The minimum Gasteiger partial charge on any atom is -0.353 e. The number of imide groups is 1. The quantitative estimate of drug-likeness (QED) is 0.502. The summed E-state index contributed by atoms with van der Waals surface area (Å²) in [6.45, 7) is 5.78. The first-order valence-corrected chi connectivity index (χ1v) is 11.1. The average Bonchev–Trinajstić information content (AvgIpc) is 2.96. The second-order valence-corrected chi connectivity index (χ2v) is 8.53. The van der Waals surface area contributed by atoms with Crippen LogP contribution in [0, 0.1) is 17.2 Å². The second-order valence-electron chi connectivity index (χ2n) is 7.43. The number of ketones is 1. The molecule has 1 aromatic carbocycles. The molecule has 1 N–H and O–H groups in total. The zero-order valence-electron chi connectivity index (χ0n) is 17.4. The number of hydrogen-bond acceptors (Lipinski definition) is 6. The molecule has 0 fully saturated rings. The summed E-state index contributed by atoms with van der Waals surface area (Å²) >= 11 is 1.50. The van der Waals surface area contributed by atoms with Gasteiger partial charge in [-0.1, -0.05) is 25.5 Å². The van der Waals surface area contributed by atoms with Gasteiger partial charge in [0, 0.05) is 29.5 Å². The summed E-state index contributed by atoms with van der Waals surface area (Å²) in [5, 5.41) is 13.7. The molecule has 0 saturated heterocycles. The molecule has 156 valence electrons. The number of dihydropyridines is 1. The highest BCUT2D eigenvalue weighted by Gasteiger charge is 2.35. The van der Waals surface area contributed by atoms with Crippen molar-refractivity contribution in [1.82, 2.24) is 10.2 Å². The number of nitriles is 1. The molecule has 0 spiro atoms. The summed E-state index contributed by atoms with van der Waals surface area (Å²) in [6.07, 6.45) is 2.23. The van der Waals surface area contributed by atoms with Crippen LogP contribution >= 0.6 is 11.8 Å². The van der Waals surface area contributed by atoms with E-state index in [1.54, 1.807) is 31.2 Å². The molecule has 1 atom stereocenters. The lowest BCUT2D eigenvalue weighted by Gasteiger charge is -2.29. The minimum absolute atomic E-state index is 0.0131. The van der Waals surface area contributed by atoms with Crippen LogP contribution in [0.2, 0.25) is 0 Å². The van der Waals surface area contributed by atoms with Gasteiger partial charge < -0.3 is 5.32 Å². The molecule has 0 radical (unpaired) electrons. The van der Waals surface area contributed by atoms with Gasteiger partial charge in [-0.3, -0.25) is 19.3 Å². The van der Waals surface area contributed by atoms with Gasteiger partial charge >= 0.3 is 0 Å². The maximum Gasteiger partial charge on any atom is 0.261 e. The number of nitrogens with zero attached hydrogens (tertiary/aromatic N) is 2.